The number of benzene rings is 1. The third-order valence-corrected chi connectivity index (χ3v) is 5.86. The molecule has 1 unspecified atom stereocenters. The van der Waals surface area contributed by atoms with Gasteiger partial charge in [-0.1, -0.05) is 6.07 Å². The molecule has 1 heterocycles. The first-order valence-corrected chi connectivity index (χ1v) is 10.4. The van der Waals surface area contributed by atoms with Gasteiger partial charge in [-0.3, -0.25) is 9.20 Å². The van der Waals surface area contributed by atoms with Crippen LogP contribution in [-0.4, -0.2) is 58.9 Å². The largest absolute Gasteiger partial charge is 0.486 e. The quantitative estimate of drug-likeness (QED) is 0.606. The Labute approximate surface area is 159 Å². The summed E-state index contributed by atoms with van der Waals surface area (Å²) >= 11 is 0. The minimum Gasteiger partial charge on any atom is -0.486 e. The maximum absolute atomic E-state index is 12.2. The van der Waals surface area contributed by atoms with E-state index in [1.807, 2.05) is 52.9 Å². The van der Waals surface area contributed by atoms with Gasteiger partial charge in [0.25, 0.3) is 0 Å². The van der Waals surface area contributed by atoms with Gasteiger partial charge in [0.2, 0.25) is 0 Å². The summed E-state index contributed by atoms with van der Waals surface area (Å²) in [7, 11) is 1.10. The molecular weight excluding hydrogens is 350 g/mol. The first-order chi connectivity index (χ1) is 12.3. The van der Waals surface area contributed by atoms with Gasteiger partial charge in [-0.25, -0.2) is 0 Å². The molecule has 1 aromatic rings. The highest BCUT2D eigenvalue weighted by Gasteiger charge is 2.19. The first kappa shape index (κ1) is 20.6. The summed E-state index contributed by atoms with van der Waals surface area (Å²) in [5.41, 5.74) is 1.13. The van der Waals surface area contributed by atoms with Crippen molar-refractivity contribution in [2.75, 3.05) is 39.1 Å². The second-order valence-electron chi connectivity index (χ2n) is 7.23. The van der Waals surface area contributed by atoms with Gasteiger partial charge in [0, 0.05) is 41.4 Å². The maximum atomic E-state index is 12.2. The monoisotopic (exact) mass is 381 g/mol. The summed E-state index contributed by atoms with van der Waals surface area (Å²) in [4.78, 5) is 6.70. The van der Waals surface area contributed by atoms with E-state index in [1.54, 1.807) is 0 Å². The number of fused-ring (bicyclic) bond motifs is 1. The molecular formula is C19H31N3O3S. The van der Waals surface area contributed by atoms with Gasteiger partial charge < -0.3 is 19.7 Å². The fraction of sp³-hybridized carbons (Fsp3) is 0.632. The predicted octanol–water partition coefficient (Wildman–Crippen LogP) is 2.40. The van der Waals surface area contributed by atoms with Gasteiger partial charge in [-0.2, -0.15) is 0 Å². The molecule has 0 fully saturated rings. The van der Waals surface area contributed by atoms with Gasteiger partial charge in [-0.15, -0.1) is 0 Å². The Balaban J connectivity index is 2.00. The van der Waals surface area contributed by atoms with Crippen LogP contribution in [-0.2, 0) is 17.3 Å². The lowest BCUT2D eigenvalue weighted by atomic mass is 10.2. The standard InChI is InChI=1S/C19H31N3O3S/c1-6-20-18(21-9-12-26(23)19(2,3)4)22(5)14-15-7-8-16-17(13-15)25-11-10-24-16/h7-8,13H,6,9-12,14H2,1-5H3,(H,20,21). The summed E-state index contributed by atoms with van der Waals surface area (Å²) < 4.78 is 23.2. The lowest BCUT2D eigenvalue weighted by Crippen LogP contribution is -2.39. The summed E-state index contributed by atoms with van der Waals surface area (Å²) in [6.07, 6.45) is 0. The van der Waals surface area contributed by atoms with Crippen LogP contribution in [0.5, 0.6) is 11.5 Å². The SMILES string of the molecule is CCNC(=NCCS(=O)C(C)(C)C)N(C)Cc1ccc2c(c1)OCCO2. The second-order valence-corrected chi connectivity index (χ2v) is 9.56. The number of rotatable bonds is 6. The molecule has 0 aromatic heterocycles. The van der Waals surface area contributed by atoms with E-state index in [1.165, 1.54) is 0 Å². The molecule has 1 atom stereocenters. The van der Waals surface area contributed by atoms with Gasteiger partial charge in [-0.05, 0) is 45.4 Å². The molecule has 26 heavy (non-hydrogen) atoms. The summed E-state index contributed by atoms with van der Waals surface area (Å²) in [6.45, 7) is 11.2. The lowest BCUT2D eigenvalue weighted by molar-refractivity contribution is 0.171. The number of guanidine groups is 1. The van der Waals surface area contributed by atoms with E-state index in [0.717, 1.165) is 29.6 Å². The van der Waals surface area contributed by atoms with Crippen LogP contribution in [0.1, 0.15) is 33.3 Å². The zero-order valence-corrected chi connectivity index (χ0v) is 17.3. The Morgan fingerprint density at radius 2 is 1.96 bits per heavy atom. The van der Waals surface area contributed by atoms with E-state index in [9.17, 15) is 4.21 Å². The van der Waals surface area contributed by atoms with Crippen molar-refractivity contribution < 1.29 is 13.7 Å². The van der Waals surface area contributed by atoms with Crippen molar-refractivity contribution in [3.8, 4) is 11.5 Å². The molecule has 1 aliphatic heterocycles. The Morgan fingerprint density at radius 1 is 1.27 bits per heavy atom. The zero-order valence-electron chi connectivity index (χ0n) is 16.5. The number of ether oxygens (including phenoxy) is 2. The first-order valence-electron chi connectivity index (χ1n) is 9.07. The van der Waals surface area contributed by atoms with Crippen LogP contribution in [0.2, 0.25) is 0 Å². The van der Waals surface area contributed by atoms with Crippen molar-refractivity contribution in [2.45, 2.75) is 39.0 Å². The number of hydrogen-bond donors (Lipinski definition) is 1. The van der Waals surface area contributed by atoms with E-state index in [4.69, 9.17) is 9.47 Å². The molecule has 0 radical (unpaired) electrons. The molecule has 1 N–H and O–H groups in total. The summed E-state index contributed by atoms with van der Waals surface area (Å²) in [5, 5.41) is 3.30. The molecule has 0 saturated carbocycles. The number of hydrogen-bond acceptors (Lipinski definition) is 4. The van der Waals surface area contributed by atoms with Crippen molar-refractivity contribution in [2.24, 2.45) is 4.99 Å². The van der Waals surface area contributed by atoms with Crippen LogP contribution in [0.15, 0.2) is 23.2 Å². The Morgan fingerprint density at radius 3 is 2.62 bits per heavy atom. The molecule has 146 valence electrons. The van der Waals surface area contributed by atoms with Crippen LogP contribution in [0.25, 0.3) is 0 Å². The molecule has 1 aliphatic rings. The van der Waals surface area contributed by atoms with Gasteiger partial charge in [0.1, 0.15) is 13.2 Å². The zero-order chi connectivity index (χ0) is 19.2. The molecule has 0 aliphatic carbocycles. The predicted molar refractivity (Wildman–Crippen MR) is 108 cm³/mol. The van der Waals surface area contributed by atoms with Crippen molar-refractivity contribution in [1.82, 2.24) is 10.2 Å². The number of nitrogens with zero attached hydrogens (tertiary/aromatic N) is 2. The normalized spacial score (nSPS) is 15.5. The van der Waals surface area contributed by atoms with E-state index in [2.05, 4.69) is 15.2 Å². The van der Waals surface area contributed by atoms with E-state index < -0.39 is 10.8 Å². The van der Waals surface area contributed by atoms with E-state index >= 15 is 0 Å². The van der Waals surface area contributed by atoms with Crippen LogP contribution < -0.4 is 14.8 Å². The molecule has 0 amide bonds. The van der Waals surface area contributed by atoms with Crippen molar-refractivity contribution in [1.29, 1.82) is 0 Å². The Hall–Kier alpha value is -1.76. The fourth-order valence-electron chi connectivity index (χ4n) is 2.55. The van der Waals surface area contributed by atoms with Crippen molar-refractivity contribution >= 4 is 16.8 Å². The molecule has 6 nitrogen and oxygen atoms in total. The highest BCUT2D eigenvalue weighted by molar-refractivity contribution is 7.86. The highest BCUT2D eigenvalue weighted by atomic mass is 32.2. The van der Waals surface area contributed by atoms with Crippen LogP contribution in [0.3, 0.4) is 0 Å². The van der Waals surface area contributed by atoms with Crippen LogP contribution in [0.4, 0.5) is 0 Å². The average Bonchev–Trinajstić information content (AvgIpc) is 2.59. The number of nitrogens with one attached hydrogen (secondary N) is 1. The van der Waals surface area contributed by atoms with E-state index in [-0.39, 0.29) is 4.75 Å². The summed E-state index contributed by atoms with van der Waals surface area (Å²) in [6, 6.07) is 6.01. The topological polar surface area (TPSA) is 63.2 Å². The lowest BCUT2D eigenvalue weighted by Gasteiger charge is -2.24. The molecule has 2 rings (SSSR count). The number of aliphatic imine (C=N–C) groups is 1. The molecule has 0 saturated heterocycles. The van der Waals surface area contributed by atoms with Gasteiger partial charge in [0.15, 0.2) is 17.5 Å². The molecule has 1 aromatic carbocycles. The molecule has 7 heteroatoms. The van der Waals surface area contributed by atoms with Gasteiger partial charge >= 0.3 is 0 Å². The van der Waals surface area contributed by atoms with Crippen LogP contribution >= 0.6 is 0 Å². The molecule has 0 spiro atoms. The van der Waals surface area contributed by atoms with Gasteiger partial charge in [0.05, 0.1) is 6.54 Å². The van der Waals surface area contributed by atoms with E-state index in [0.29, 0.717) is 32.1 Å². The maximum Gasteiger partial charge on any atom is 0.193 e. The molecule has 0 bridgehead atoms. The highest BCUT2D eigenvalue weighted by Crippen LogP contribution is 2.31. The average molecular weight is 382 g/mol. The third kappa shape index (κ3) is 5.90. The second kappa shape index (κ2) is 9.26. The third-order valence-electron chi connectivity index (χ3n) is 3.94. The summed E-state index contributed by atoms with van der Waals surface area (Å²) in [5.74, 6) is 2.97. The fourth-order valence-corrected chi connectivity index (χ4v) is 3.41. The Kier molecular flexibility index (Phi) is 7.32. The van der Waals surface area contributed by atoms with Crippen LogP contribution in [0, 0.1) is 0 Å². The minimum absolute atomic E-state index is 0.203. The van der Waals surface area contributed by atoms with Crippen molar-refractivity contribution in [3.63, 3.8) is 0 Å². The van der Waals surface area contributed by atoms with Crippen molar-refractivity contribution in [3.05, 3.63) is 23.8 Å². The minimum atomic E-state index is -0.894. The Bertz CT molecular complexity index is 656. The smallest absolute Gasteiger partial charge is 0.193 e.